The minimum absolute atomic E-state index is 0.658. The number of fused-ring (bicyclic) bond motifs is 1. The van der Waals surface area contributed by atoms with E-state index in [9.17, 15) is 0 Å². The van der Waals surface area contributed by atoms with Crippen LogP contribution in [-0.4, -0.2) is 13.1 Å². The fourth-order valence-electron chi connectivity index (χ4n) is 1.98. The van der Waals surface area contributed by atoms with Gasteiger partial charge in [0.1, 0.15) is 0 Å². The second-order valence-electron chi connectivity index (χ2n) is 3.83. The van der Waals surface area contributed by atoms with Crippen LogP contribution in [0.2, 0.25) is 5.02 Å². The van der Waals surface area contributed by atoms with Gasteiger partial charge < -0.3 is 11.1 Å². The minimum atomic E-state index is 0.658. The van der Waals surface area contributed by atoms with Crippen LogP contribution in [-0.2, 0) is 6.42 Å². The molecule has 76 valence electrons. The number of rotatable bonds is 2. The highest BCUT2D eigenvalue weighted by molar-refractivity contribution is 6.30. The van der Waals surface area contributed by atoms with Crippen molar-refractivity contribution in [3.8, 4) is 0 Å². The Morgan fingerprint density at radius 3 is 3.14 bits per heavy atom. The predicted octanol–water partition coefficient (Wildman–Crippen LogP) is 2.27. The Morgan fingerprint density at radius 1 is 1.50 bits per heavy atom. The third-order valence-corrected chi connectivity index (χ3v) is 2.97. The first-order valence-corrected chi connectivity index (χ1v) is 5.40. The third-order valence-electron chi connectivity index (χ3n) is 2.73. The van der Waals surface area contributed by atoms with E-state index in [-0.39, 0.29) is 0 Å². The summed E-state index contributed by atoms with van der Waals surface area (Å²) in [4.78, 5) is 0. The fraction of sp³-hybridized carbons (Fsp3) is 0.455. The molecule has 2 rings (SSSR count). The van der Waals surface area contributed by atoms with Crippen molar-refractivity contribution in [2.75, 3.05) is 18.4 Å². The molecule has 1 aliphatic heterocycles. The van der Waals surface area contributed by atoms with Gasteiger partial charge in [-0.05, 0) is 49.1 Å². The molecule has 0 bridgehead atoms. The molecule has 1 aliphatic rings. The molecule has 0 saturated carbocycles. The first-order valence-electron chi connectivity index (χ1n) is 5.02. The maximum absolute atomic E-state index is 5.95. The van der Waals surface area contributed by atoms with E-state index in [1.165, 1.54) is 11.3 Å². The van der Waals surface area contributed by atoms with Crippen molar-refractivity contribution in [1.82, 2.24) is 0 Å². The molecule has 0 fully saturated rings. The minimum Gasteiger partial charge on any atom is -0.385 e. The van der Waals surface area contributed by atoms with Crippen molar-refractivity contribution in [1.29, 1.82) is 0 Å². The molecular weight excluding hydrogens is 196 g/mol. The van der Waals surface area contributed by atoms with E-state index < -0.39 is 0 Å². The molecule has 1 unspecified atom stereocenters. The Balaban J connectivity index is 2.16. The van der Waals surface area contributed by atoms with E-state index in [0.29, 0.717) is 5.92 Å². The van der Waals surface area contributed by atoms with Crippen LogP contribution in [0.15, 0.2) is 18.2 Å². The van der Waals surface area contributed by atoms with E-state index in [4.69, 9.17) is 17.3 Å². The highest BCUT2D eigenvalue weighted by atomic mass is 35.5. The Labute approximate surface area is 89.4 Å². The summed E-state index contributed by atoms with van der Waals surface area (Å²) in [7, 11) is 0. The Bertz CT molecular complexity index is 325. The maximum atomic E-state index is 5.95. The molecule has 0 amide bonds. The number of hydrogen-bond donors (Lipinski definition) is 2. The largest absolute Gasteiger partial charge is 0.385 e. The molecule has 0 spiro atoms. The fourth-order valence-corrected chi connectivity index (χ4v) is 2.18. The van der Waals surface area contributed by atoms with Crippen molar-refractivity contribution >= 4 is 17.3 Å². The summed E-state index contributed by atoms with van der Waals surface area (Å²) in [5.41, 5.74) is 8.10. The number of hydrogen-bond acceptors (Lipinski definition) is 2. The molecule has 0 radical (unpaired) electrons. The second-order valence-corrected chi connectivity index (χ2v) is 4.27. The quantitative estimate of drug-likeness (QED) is 0.786. The van der Waals surface area contributed by atoms with Gasteiger partial charge in [-0.3, -0.25) is 0 Å². The molecule has 3 heteroatoms. The van der Waals surface area contributed by atoms with Gasteiger partial charge in [0.05, 0.1) is 0 Å². The second kappa shape index (κ2) is 4.20. The van der Waals surface area contributed by atoms with Crippen LogP contribution < -0.4 is 11.1 Å². The summed E-state index contributed by atoms with van der Waals surface area (Å²) >= 11 is 5.95. The van der Waals surface area contributed by atoms with Crippen molar-refractivity contribution < 1.29 is 0 Å². The first-order chi connectivity index (χ1) is 6.79. The highest BCUT2D eigenvalue weighted by Crippen LogP contribution is 2.28. The molecule has 0 aromatic heterocycles. The number of benzene rings is 1. The van der Waals surface area contributed by atoms with Gasteiger partial charge in [-0.25, -0.2) is 0 Å². The molecular formula is C11H15ClN2. The lowest BCUT2D eigenvalue weighted by atomic mass is 9.92. The molecule has 3 N–H and O–H groups in total. The Morgan fingerprint density at radius 2 is 2.36 bits per heavy atom. The van der Waals surface area contributed by atoms with E-state index in [2.05, 4.69) is 11.4 Å². The van der Waals surface area contributed by atoms with Crippen LogP contribution >= 0.6 is 11.6 Å². The third kappa shape index (κ3) is 2.02. The van der Waals surface area contributed by atoms with Crippen LogP contribution in [0.25, 0.3) is 0 Å². The maximum Gasteiger partial charge on any atom is 0.0410 e. The Hall–Kier alpha value is -0.730. The zero-order valence-electron chi connectivity index (χ0n) is 8.09. The number of anilines is 1. The van der Waals surface area contributed by atoms with Gasteiger partial charge in [0.2, 0.25) is 0 Å². The van der Waals surface area contributed by atoms with Gasteiger partial charge in [0.15, 0.2) is 0 Å². The summed E-state index contributed by atoms with van der Waals surface area (Å²) in [5.74, 6) is 0.658. The Kier molecular flexibility index (Phi) is 2.94. The monoisotopic (exact) mass is 210 g/mol. The molecule has 1 aromatic carbocycles. The molecule has 0 aliphatic carbocycles. The lowest BCUT2D eigenvalue weighted by Crippen LogP contribution is -2.25. The lowest BCUT2D eigenvalue weighted by molar-refractivity contribution is 0.503. The highest BCUT2D eigenvalue weighted by Gasteiger charge is 2.17. The van der Waals surface area contributed by atoms with Gasteiger partial charge in [-0.2, -0.15) is 0 Å². The first kappa shape index (κ1) is 9.81. The standard InChI is InChI=1S/C11H15ClN2/c12-10-1-2-11-9(6-10)5-8(3-4-13)7-14-11/h1-2,6,8,14H,3-5,7,13H2. The summed E-state index contributed by atoms with van der Waals surface area (Å²) in [6.07, 6.45) is 2.18. The smallest absolute Gasteiger partial charge is 0.0410 e. The lowest BCUT2D eigenvalue weighted by Gasteiger charge is -2.25. The topological polar surface area (TPSA) is 38.0 Å². The van der Waals surface area contributed by atoms with Gasteiger partial charge in [-0.1, -0.05) is 11.6 Å². The van der Waals surface area contributed by atoms with E-state index in [0.717, 1.165) is 31.0 Å². The summed E-state index contributed by atoms with van der Waals surface area (Å²) < 4.78 is 0. The molecule has 2 nitrogen and oxygen atoms in total. The molecule has 14 heavy (non-hydrogen) atoms. The van der Waals surface area contributed by atoms with Crippen LogP contribution in [0.5, 0.6) is 0 Å². The zero-order valence-corrected chi connectivity index (χ0v) is 8.85. The molecule has 1 atom stereocenters. The van der Waals surface area contributed by atoms with Crippen LogP contribution in [0, 0.1) is 5.92 Å². The molecule has 0 saturated heterocycles. The van der Waals surface area contributed by atoms with Gasteiger partial charge in [0, 0.05) is 17.3 Å². The van der Waals surface area contributed by atoms with E-state index in [1.807, 2.05) is 12.1 Å². The number of nitrogens with two attached hydrogens (primary N) is 1. The normalized spacial score (nSPS) is 20.0. The van der Waals surface area contributed by atoms with Crippen molar-refractivity contribution in [2.24, 2.45) is 11.7 Å². The predicted molar refractivity (Wildman–Crippen MR) is 60.8 cm³/mol. The SMILES string of the molecule is NCCC1CNc2ccc(Cl)cc2C1. The van der Waals surface area contributed by atoms with Crippen molar-refractivity contribution in [2.45, 2.75) is 12.8 Å². The van der Waals surface area contributed by atoms with E-state index in [1.54, 1.807) is 0 Å². The van der Waals surface area contributed by atoms with Gasteiger partial charge in [-0.15, -0.1) is 0 Å². The summed E-state index contributed by atoms with van der Waals surface area (Å²) in [6.45, 7) is 1.80. The average molecular weight is 211 g/mol. The zero-order chi connectivity index (χ0) is 9.97. The summed E-state index contributed by atoms with van der Waals surface area (Å²) in [5, 5.41) is 4.23. The average Bonchev–Trinajstić information content (AvgIpc) is 2.17. The van der Waals surface area contributed by atoms with Crippen molar-refractivity contribution in [3.05, 3.63) is 28.8 Å². The molecule has 1 aromatic rings. The van der Waals surface area contributed by atoms with Gasteiger partial charge in [0.25, 0.3) is 0 Å². The van der Waals surface area contributed by atoms with Crippen molar-refractivity contribution in [3.63, 3.8) is 0 Å². The van der Waals surface area contributed by atoms with Gasteiger partial charge >= 0.3 is 0 Å². The van der Waals surface area contributed by atoms with E-state index >= 15 is 0 Å². The number of halogens is 1. The summed E-state index contributed by atoms with van der Waals surface area (Å²) in [6, 6.07) is 6.03. The van der Waals surface area contributed by atoms with Crippen LogP contribution in [0.1, 0.15) is 12.0 Å². The molecule has 1 heterocycles. The van der Waals surface area contributed by atoms with Crippen LogP contribution in [0.3, 0.4) is 0 Å². The van der Waals surface area contributed by atoms with Crippen LogP contribution in [0.4, 0.5) is 5.69 Å². The number of nitrogens with one attached hydrogen (secondary N) is 1.